The van der Waals surface area contributed by atoms with Crippen molar-refractivity contribution in [2.24, 2.45) is 0 Å². The highest BCUT2D eigenvalue weighted by Crippen LogP contribution is 2.35. The van der Waals surface area contributed by atoms with Crippen molar-refractivity contribution in [1.82, 2.24) is 10.3 Å². The monoisotopic (exact) mass is 602 g/mol. The van der Waals surface area contributed by atoms with Gasteiger partial charge in [-0.3, -0.25) is 4.79 Å². The highest BCUT2D eigenvalue weighted by atomic mass is 79.9. The van der Waals surface area contributed by atoms with Gasteiger partial charge in [-0.2, -0.15) is 13.2 Å². The first-order valence-electron chi connectivity index (χ1n) is 10.8. The van der Waals surface area contributed by atoms with Crippen LogP contribution in [0.4, 0.5) is 43.8 Å². The molecule has 0 aliphatic heterocycles. The minimum absolute atomic E-state index is 0.0136. The van der Waals surface area contributed by atoms with E-state index in [2.05, 4.69) is 36.9 Å². The molecule has 0 unspecified atom stereocenters. The lowest BCUT2D eigenvalue weighted by atomic mass is 10.0. The number of rotatable bonds is 9. The number of alkyl halides is 3. The minimum atomic E-state index is -4.76. The van der Waals surface area contributed by atoms with E-state index in [4.69, 9.17) is 9.84 Å². The summed E-state index contributed by atoms with van der Waals surface area (Å²) < 4.78 is 74.0. The van der Waals surface area contributed by atoms with Gasteiger partial charge in [0.25, 0.3) is 5.91 Å². The molecule has 2 aromatic carbocycles. The van der Waals surface area contributed by atoms with E-state index in [1.165, 1.54) is 25.3 Å². The van der Waals surface area contributed by atoms with Gasteiger partial charge in [0, 0.05) is 23.9 Å². The van der Waals surface area contributed by atoms with Crippen molar-refractivity contribution in [1.29, 1.82) is 0 Å². The molecule has 1 heterocycles. The Kier molecular flexibility index (Phi) is 9.09. The number of carbonyl (C=O) groups is 2. The predicted octanol–water partition coefficient (Wildman–Crippen LogP) is 6.35. The van der Waals surface area contributed by atoms with Crippen molar-refractivity contribution in [2.75, 3.05) is 24.3 Å². The van der Waals surface area contributed by atoms with Gasteiger partial charge < -0.3 is 25.8 Å². The lowest BCUT2D eigenvalue weighted by molar-refractivity contribution is -0.137. The van der Waals surface area contributed by atoms with Crippen LogP contribution in [0.3, 0.4) is 0 Å². The molecule has 4 N–H and O–H groups in total. The number of halogens is 6. The number of carbonyl (C=O) groups excluding carboxylic acids is 1. The molecular weight excluding hydrogens is 583 g/mol. The van der Waals surface area contributed by atoms with Gasteiger partial charge in [-0.05, 0) is 65.2 Å². The molecule has 202 valence electrons. The molecule has 0 bridgehead atoms. The van der Waals surface area contributed by atoms with Crippen LogP contribution in [-0.2, 0) is 12.6 Å². The van der Waals surface area contributed by atoms with E-state index in [9.17, 15) is 31.5 Å². The number of anilines is 3. The number of amides is 2. The SMILES string of the molecule is COc1ccc(NC(=O)c2cc(C(F)(F)F)ccc2Nc2ccc(F)c(F)c2CCCNC(=O)O)c(Br)n1. The van der Waals surface area contributed by atoms with Gasteiger partial charge in [0.1, 0.15) is 4.60 Å². The van der Waals surface area contributed by atoms with Gasteiger partial charge in [0.15, 0.2) is 11.6 Å². The summed E-state index contributed by atoms with van der Waals surface area (Å²) in [4.78, 5) is 27.8. The van der Waals surface area contributed by atoms with E-state index in [-0.39, 0.29) is 52.5 Å². The molecule has 14 heteroatoms. The third-order valence-corrected chi connectivity index (χ3v) is 5.82. The molecule has 3 rings (SSSR count). The molecule has 38 heavy (non-hydrogen) atoms. The van der Waals surface area contributed by atoms with E-state index in [0.29, 0.717) is 6.07 Å². The molecule has 0 aliphatic carbocycles. The maximum absolute atomic E-state index is 14.6. The Balaban J connectivity index is 1.98. The minimum Gasteiger partial charge on any atom is -0.481 e. The standard InChI is InChI=1S/C24H20BrF5N4O4/c1-38-19-9-8-18(21(25)34-19)33-22(35)14-11-12(24(28,29)30)4-6-17(14)32-16-7-5-15(26)20(27)13(16)3-2-10-31-23(36)37/h4-9,11,31-32H,2-3,10H2,1H3,(H,33,35)(H,36,37). The molecule has 1 aromatic heterocycles. The van der Waals surface area contributed by atoms with Crippen molar-refractivity contribution in [3.8, 4) is 5.88 Å². The number of hydrogen-bond donors (Lipinski definition) is 4. The molecular formula is C24H20BrF5N4O4. The second kappa shape index (κ2) is 12.1. The van der Waals surface area contributed by atoms with E-state index in [0.717, 1.165) is 18.2 Å². The number of pyridine rings is 1. The summed E-state index contributed by atoms with van der Waals surface area (Å²) in [5, 5.41) is 16.0. The fourth-order valence-corrected chi connectivity index (χ4v) is 3.80. The summed E-state index contributed by atoms with van der Waals surface area (Å²) >= 11 is 3.15. The summed E-state index contributed by atoms with van der Waals surface area (Å²) in [6.45, 7) is -0.0521. The van der Waals surface area contributed by atoms with Crippen molar-refractivity contribution in [3.63, 3.8) is 0 Å². The second-order valence-electron chi connectivity index (χ2n) is 7.75. The van der Waals surface area contributed by atoms with Crippen molar-refractivity contribution < 1.29 is 41.4 Å². The fourth-order valence-electron chi connectivity index (χ4n) is 3.39. The van der Waals surface area contributed by atoms with Crippen LogP contribution >= 0.6 is 15.9 Å². The summed E-state index contributed by atoms with van der Waals surface area (Å²) in [7, 11) is 1.38. The summed E-state index contributed by atoms with van der Waals surface area (Å²) in [5.41, 5.74) is -1.72. The molecule has 3 aromatic rings. The number of benzene rings is 2. The van der Waals surface area contributed by atoms with Crippen LogP contribution < -0.4 is 20.7 Å². The molecule has 0 radical (unpaired) electrons. The van der Waals surface area contributed by atoms with Gasteiger partial charge in [0.05, 0.1) is 29.6 Å². The maximum Gasteiger partial charge on any atom is 0.416 e. The average Bonchev–Trinajstić information content (AvgIpc) is 2.86. The van der Waals surface area contributed by atoms with Gasteiger partial charge in [0.2, 0.25) is 5.88 Å². The van der Waals surface area contributed by atoms with Gasteiger partial charge in [-0.1, -0.05) is 0 Å². The van der Waals surface area contributed by atoms with Crippen LogP contribution in [0.15, 0.2) is 47.1 Å². The molecule has 8 nitrogen and oxygen atoms in total. The topological polar surface area (TPSA) is 113 Å². The second-order valence-corrected chi connectivity index (χ2v) is 8.50. The van der Waals surface area contributed by atoms with Gasteiger partial charge >= 0.3 is 12.3 Å². The normalized spacial score (nSPS) is 11.1. The highest BCUT2D eigenvalue weighted by Gasteiger charge is 2.32. The average molecular weight is 603 g/mol. The Morgan fingerprint density at radius 2 is 1.74 bits per heavy atom. The Bertz CT molecular complexity index is 1350. The summed E-state index contributed by atoms with van der Waals surface area (Å²) in [5.74, 6) is -3.10. The number of hydrogen-bond acceptors (Lipinski definition) is 5. The van der Waals surface area contributed by atoms with Crippen LogP contribution in [0.2, 0.25) is 0 Å². The van der Waals surface area contributed by atoms with E-state index in [1.54, 1.807) is 0 Å². The lowest BCUT2D eigenvalue weighted by Gasteiger charge is -2.18. The zero-order valence-electron chi connectivity index (χ0n) is 19.5. The molecule has 2 amide bonds. The van der Waals surface area contributed by atoms with Crippen LogP contribution in [0, 0.1) is 11.6 Å². The van der Waals surface area contributed by atoms with Gasteiger partial charge in [-0.25, -0.2) is 18.6 Å². The Morgan fingerprint density at radius 3 is 2.37 bits per heavy atom. The Morgan fingerprint density at radius 1 is 1.05 bits per heavy atom. The Hall–Kier alpha value is -3.94. The zero-order chi connectivity index (χ0) is 28.0. The van der Waals surface area contributed by atoms with Crippen LogP contribution in [0.25, 0.3) is 0 Å². The molecule has 0 atom stereocenters. The summed E-state index contributed by atoms with van der Waals surface area (Å²) in [6, 6.07) is 7.20. The molecule has 0 aliphatic rings. The molecule has 0 spiro atoms. The fraction of sp³-hybridized carbons (Fsp3) is 0.208. The number of aromatic nitrogens is 1. The molecule has 0 saturated heterocycles. The maximum atomic E-state index is 14.6. The third kappa shape index (κ3) is 7.09. The number of nitrogens with zero attached hydrogens (tertiary/aromatic N) is 1. The highest BCUT2D eigenvalue weighted by molar-refractivity contribution is 9.10. The van der Waals surface area contributed by atoms with Crippen LogP contribution in [-0.4, -0.2) is 35.7 Å². The van der Waals surface area contributed by atoms with Gasteiger partial charge in [-0.15, -0.1) is 0 Å². The van der Waals surface area contributed by atoms with Crippen LogP contribution in [0.1, 0.15) is 27.9 Å². The number of carboxylic acid groups (broad SMARTS) is 1. The van der Waals surface area contributed by atoms with E-state index >= 15 is 0 Å². The number of methoxy groups -OCH3 is 1. The summed E-state index contributed by atoms with van der Waals surface area (Å²) in [6.07, 6.45) is -6.07. The zero-order valence-corrected chi connectivity index (χ0v) is 21.1. The first kappa shape index (κ1) is 28.6. The van der Waals surface area contributed by atoms with Crippen molar-refractivity contribution in [3.05, 3.63) is 75.4 Å². The predicted molar refractivity (Wildman–Crippen MR) is 132 cm³/mol. The lowest BCUT2D eigenvalue weighted by Crippen LogP contribution is -2.22. The van der Waals surface area contributed by atoms with Crippen LogP contribution in [0.5, 0.6) is 5.88 Å². The number of nitrogens with one attached hydrogen (secondary N) is 3. The third-order valence-electron chi connectivity index (χ3n) is 5.22. The largest absolute Gasteiger partial charge is 0.481 e. The molecule has 0 saturated carbocycles. The van der Waals surface area contributed by atoms with E-state index in [1.807, 2.05) is 0 Å². The first-order chi connectivity index (χ1) is 17.9. The van der Waals surface area contributed by atoms with Crippen molar-refractivity contribution >= 4 is 45.0 Å². The smallest absolute Gasteiger partial charge is 0.416 e. The first-order valence-corrected chi connectivity index (χ1v) is 11.6. The molecule has 0 fully saturated rings. The van der Waals surface area contributed by atoms with E-state index < -0.39 is 40.9 Å². The quantitative estimate of drug-likeness (QED) is 0.129. The number of ether oxygens (including phenoxy) is 1. The van der Waals surface area contributed by atoms with Crippen molar-refractivity contribution in [2.45, 2.75) is 19.0 Å². The Labute approximate surface area is 221 Å².